The van der Waals surface area contributed by atoms with Crippen molar-refractivity contribution in [2.24, 2.45) is 0 Å². The summed E-state index contributed by atoms with van der Waals surface area (Å²) in [6.07, 6.45) is 2.04. The fourth-order valence-corrected chi connectivity index (χ4v) is 3.68. The molecular formula is C16H24N2O4S. The summed E-state index contributed by atoms with van der Waals surface area (Å²) in [6, 6.07) is 7.37. The molecule has 1 aromatic rings. The van der Waals surface area contributed by atoms with Crippen molar-refractivity contribution in [3.05, 3.63) is 29.8 Å². The molecule has 0 aromatic heterocycles. The monoisotopic (exact) mass is 340 g/mol. The highest BCUT2D eigenvalue weighted by Crippen LogP contribution is 2.22. The van der Waals surface area contributed by atoms with E-state index in [1.807, 2.05) is 25.1 Å². The zero-order valence-electron chi connectivity index (χ0n) is 13.7. The molecule has 2 rings (SSSR count). The molecule has 1 aromatic carbocycles. The molecule has 7 heteroatoms. The number of amides is 1. The SMILES string of the molecule is Cc1ccccc1N(CCCC(=O)N1CCOCC1)S(C)(=O)=O. The zero-order chi connectivity index (χ0) is 16.9. The molecule has 0 atom stereocenters. The van der Waals surface area contributed by atoms with Crippen molar-refractivity contribution in [1.29, 1.82) is 0 Å². The predicted molar refractivity (Wildman–Crippen MR) is 90.0 cm³/mol. The highest BCUT2D eigenvalue weighted by Gasteiger charge is 2.21. The van der Waals surface area contributed by atoms with Gasteiger partial charge in [-0.15, -0.1) is 0 Å². The molecule has 1 aliphatic rings. The van der Waals surface area contributed by atoms with E-state index in [2.05, 4.69) is 0 Å². The highest BCUT2D eigenvalue weighted by atomic mass is 32.2. The largest absolute Gasteiger partial charge is 0.378 e. The summed E-state index contributed by atoms with van der Waals surface area (Å²) in [5.74, 6) is 0.0616. The molecule has 0 N–H and O–H groups in total. The standard InChI is InChI=1S/C16H24N2O4S/c1-14-6-3-4-7-15(14)18(23(2,20)21)9-5-8-16(19)17-10-12-22-13-11-17/h3-4,6-7H,5,8-13H2,1-2H3. The molecule has 23 heavy (non-hydrogen) atoms. The Morgan fingerprint density at radius 2 is 1.91 bits per heavy atom. The van der Waals surface area contributed by atoms with Crippen molar-refractivity contribution < 1.29 is 17.9 Å². The Kier molecular flexibility index (Phi) is 6.01. The first-order valence-electron chi connectivity index (χ1n) is 7.78. The number of rotatable bonds is 6. The molecule has 1 amide bonds. The second-order valence-corrected chi connectivity index (χ2v) is 7.63. The maximum Gasteiger partial charge on any atom is 0.232 e. The van der Waals surface area contributed by atoms with Gasteiger partial charge >= 0.3 is 0 Å². The summed E-state index contributed by atoms with van der Waals surface area (Å²) >= 11 is 0. The first-order chi connectivity index (χ1) is 10.9. The van der Waals surface area contributed by atoms with Gasteiger partial charge in [0.2, 0.25) is 15.9 Å². The third kappa shape index (κ3) is 4.94. The minimum Gasteiger partial charge on any atom is -0.378 e. The lowest BCUT2D eigenvalue weighted by atomic mass is 10.2. The highest BCUT2D eigenvalue weighted by molar-refractivity contribution is 7.92. The lowest BCUT2D eigenvalue weighted by molar-refractivity contribution is -0.135. The van der Waals surface area contributed by atoms with Crippen LogP contribution in [0.25, 0.3) is 0 Å². The van der Waals surface area contributed by atoms with Crippen molar-refractivity contribution in [2.75, 3.05) is 43.4 Å². The van der Waals surface area contributed by atoms with Crippen LogP contribution in [0.2, 0.25) is 0 Å². The van der Waals surface area contributed by atoms with Gasteiger partial charge in [0.15, 0.2) is 0 Å². The van der Waals surface area contributed by atoms with E-state index >= 15 is 0 Å². The number of ether oxygens (including phenoxy) is 1. The van der Waals surface area contributed by atoms with Crippen LogP contribution in [0.15, 0.2) is 24.3 Å². The van der Waals surface area contributed by atoms with Crippen LogP contribution in [0, 0.1) is 6.92 Å². The smallest absolute Gasteiger partial charge is 0.232 e. The molecule has 6 nitrogen and oxygen atoms in total. The van der Waals surface area contributed by atoms with Gasteiger partial charge < -0.3 is 9.64 Å². The Bertz CT molecular complexity index is 639. The van der Waals surface area contributed by atoms with Crippen molar-refractivity contribution >= 4 is 21.6 Å². The van der Waals surface area contributed by atoms with Crippen LogP contribution in [0.1, 0.15) is 18.4 Å². The van der Waals surface area contributed by atoms with Crippen molar-refractivity contribution in [3.8, 4) is 0 Å². The number of aryl methyl sites for hydroxylation is 1. The minimum absolute atomic E-state index is 0.0616. The average molecular weight is 340 g/mol. The molecule has 0 bridgehead atoms. The molecule has 1 heterocycles. The van der Waals surface area contributed by atoms with Gasteiger partial charge in [0.1, 0.15) is 0 Å². The van der Waals surface area contributed by atoms with Gasteiger partial charge in [-0.25, -0.2) is 8.42 Å². The number of carbonyl (C=O) groups is 1. The summed E-state index contributed by atoms with van der Waals surface area (Å²) in [7, 11) is -3.37. The van der Waals surface area contributed by atoms with Gasteiger partial charge in [0, 0.05) is 26.1 Å². The van der Waals surface area contributed by atoms with Gasteiger partial charge in [0.05, 0.1) is 25.2 Å². The summed E-state index contributed by atoms with van der Waals surface area (Å²) < 4.78 is 30.8. The molecule has 0 saturated carbocycles. The minimum atomic E-state index is -3.37. The fourth-order valence-electron chi connectivity index (χ4n) is 2.65. The number of para-hydroxylation sites is 1. The maximum absolute atomic E-state index is 12.1. The summed E-state index contributed by atoms with van der Waals surface area (Å²) in [4.78, 5) is 13.9. The Hall–Kier alpha value is -1.60. The number of hydrogen-bond acceptors (Lipinski definition) is 4. The number of benzene rings is 1. The summed E-state index contributed by atoms with van der Waals surface area (Å²) in [5, 5.41) is 0. The molecule has 1 aliphatic heterocycles. The lowest BCUT2D eigenvalue weighted by Crippen LogP contribution is -2.41. The number of hydrogen-bond donors (Lipinski definition) is 0. The molecule has 0 radical (unpaired) electrons. The van der Waals surface area contributed by atoms with Crippen LogP contribution < -0.4 is 4.31 Å². The van der Waals surface area contributed by atoms with Crippen LogP contribution in [-0.4, -0.2) is 58.3 Å². The third-order valence-corrected chi connectivity index (χ3v) is 5.08. The van der Waals surface area contributed by atoms with E-state index in [1.165, 1.54) is 10.6 Å². The lowest BCUT2D eigenvalue weighted by Gasteiger charge is -2.28. The Balaban J connectivity index is 1.97. The molecule has 0 unspecified atom stereocenters. The van der Waals surface area contributed by atoms with Crippen molar-refractivity contribution in [3.63, 3.8) is 0 Å². The van der Waals surface area contributed by atoms with Gasteiger partial charge in [-0.2, -0.15) is 0 Å². The topological polar surface area (TPSA) is 66.9 Å². The molecule has 128 valence electrons. The number of nitrogens with zero attached hydrogens (tertiary/aromatic N) is 2. The van der Waals surface area contributed by atoms with Crippen molar-refractivity contribution in [1.82, 2.24) is 4.90 Å². The van der Waals surface area contributed by atoms with E-state index in [0.29, 0.717) is 51.4 Å². The van der Waals surface area contributed by atoms with Gasteiger partial charge in [-0.05, 0) is 25.0 Å². The second kappa shape index (κ2) is 7.79. The first-order valence-corrected chi connectivity index (χ1v) is 9.63. The van der Waals surface area contributed by atoms with E-state index in [4.69, 9.17) is 4.74 Å². The second-order valence-electron chi connectivity index (χ2n) is 5.72. The van der Waals surface area contributed by atoms with E-state index in [0.717, 1.165) is 5.56 Å². The van der Waals surface area contributed by atoms with Crippen LogP contribution in [0.5, 0.6) is 0 Å². The van der Waals surface area contributed by atoms with E-state index in [1.54, 1.807) is 11.0 Å². The van der Waals surface area contributed by atoms with Gasteiger partial charge in [-0.1, -0.05) is 18.2 Å². The number of anilines is 1. The average Bonchev–Trinajstić information content (AvgIpc) is 2.52. The molecule has 0 spiro atoms. The quantitative estimate of drug-likeness (QED) is 0.785. The Morgan fingerprint density at radius 3 is 2.52 bits per heavy atom. The molecule has 1 fully saturated rings. The Labute approximate surface area is 138 Å². The number of carbonyl (C=O) groups excluding carboxylic acids is 1. The first kappa shape index (κ1) is 17.7. The van der Waals surface area contributed by atoms with Crippen molar-refractivity contribution in [2.45, 2.75) is 19.8 Å². The van der Waals surface area contributed by atoms with Crippen LogP contribution in [-0.2, 0) is 19.6 Å². The molecule has 1 saturated heterocycles. The zero-order valence-corrected chi connectivity index (χ0v) is 14.5. The fraction of sp³-hybridized carbons (Fsp3) is 0.562. The Morgan fingerprint density at radius 1 is 1.26 bits per heavy atom. The van der Waals surface area contributed by atoms with Crippen LogP contribution in [0.4, 0.5) is 5.69 Å². The summed E-state index contributed by atoms with van der Waals surface area (Å²) in [6.45, 7) is 4.57. The number of morpholine rings is 1. The maximum atomic E-state index is 12.1. The van der Waals surface area contributed by atoms with Crippen LogP contribution >= 0.6 is 0 Å². The van der Waals surface area contributed by atoms with Gasteiger partial charge in [-0.3, -0.25) is 9.10 Å². The normalized spacial score (nSPS) is 15.5. The van der Waals surface area contributed by atoms with Gasteiger partial charge in [0.25, 0.3) is 0 Å². The van der Waals surface area contributed by atoms with Crippen LogP contribution in [0.3, 0.4) is 0 Å². The van der Waals surface area contributed by atoms with E-state index in [-0.39, 0.29) is 5.91 Å². The number of sulfonamides is 1. The van der Waals surface area contributed by atoms with E-state index in [9.17, 15) is 13.2 Å². The third-order valence-electron chi connectivity index (χ3n) is 3.90. The van der Waals surface area contributed by atoms with E-state index < -0.39 is 10.0 Å². The molecule has 0 aliphatic carbocycles. The summed E-state index contributed by atoms with van der Waals surface area (Å²) in [5.41, 5.74) is 1.58. The molecular weight excluding hydrogens is 316 g/mol. The predicted octanol–water partition coefficient (Wildman–Crippen LogP) is 1.40.